The van der Waals surface area contributed by atoms with E-state index in [-0.39, 0.29) is 0 Å². The number of amidine groups is 1. The molecule has 3 aromatic rings. The van der Waals surface area contributed by atoms with E-state index in [1.165, 1.54) is 4.70 Å². The number of aliphatic imine (C=N–C) groups is 1. The third-order valence-corrected chi connectivity index (χ3v) is 4.46. The maximum atomic E-state index is 4.68. The van der Waals surface area contributed by atoms with Crippen LogP contribution in [0.4, 0.5) is 0 Å². The highest BCUT2D eigenvalue weighted by Crippen LogP contribution is 2.30. The fraction of sp³-hybridized carbons (Fsp3) is 0.125. The molecular formula is C16H13N3S. The van der Waals surface area contributed by atoms with Gasteiger partial charge in [0.05, 0.1) is 16.8 Å². The number of nitrogens with zero attached hydrogens (tertiary/aromatic N) is 2. The lowest BCUT2D eigenvalue weighted by Gasteiger charge is -2.03. The van der Waals surface area contributed by atoms with Gasteiger partial charge >= 0.3 is 0 Å². The Bertz CT molecular complexity index is 754. The van der Waals surface area contributed by atoms with E-state index in [0.717, 1.165) is 40.6 Å². The van der Waals surface area contributed by atoms with E-state index < -0.39 is 0 Å². The molecule has 0 saturated heterocycles. The van der Waals surface area contributed by atoms with Crippen molar-refractivity contribution in [3.05, 3.63) is 54.1 Å². The number of aromatic nitrogens is 1. The van der Waals surface area contributed by atoms with Crippen molar-refractivity contribution in [1.29, 1.82) is 0 Å². The van der Waals surface area contributed by atoms with Gasteiger partial charge in [0.25, 0.3) is 0 Å². The number of rotatable bonds is 2. The van der Waals surface area contributed by atoms with Crippen LogP contribution < -0.4 is 5.32 Å². The van der Waals surface area contributed by atoms with Crippen LogP contribution in [-0.4, -0.2) is 23.9 Å². The normalized spacial score (nSPS) is 14.3. The predicted molar refractivity (Wildman–Crippen MR) is 84.5 cm³/mol. The van der Waals surface area contributed by atoms with E-state index in [9.17, 15) is 0 Å². The molecule has 1 aliphatic rings. The molecule has 0 atom stereocenters. The van der Waals surface area contributed by atoms with Crippen LogP contribution in [0.3, 0.4) is 0 Å². The molecule has 1 aromatic heterocycles. The number of benzene rings is 2. The second-order valence-corrected chi connectivity index (χ2v) is 5.75. The first-order valence-corrected chi connectivity index (χ1v) is 7.46. The Morgan fingerprint density at radius 3 is 2.50 bits per heavy atom. The highest BCUT2D eigenvalue weighted by Gasteiger charge is 2.09. The Kier molecular flexibility index (Phi) is 2.74. The number of fused-ring (bicyclic) bond motifs is 1. The average Bonchev–Trinajstić information content (AvgIpc) is 3.17. The van der Waals surface area contributed by atoms with E-state index in [1.54, 1.807) is 11.3 Å². The van der Waals surface area contributed by atoms with Gasteiger partial charge in [-0.3, -0.25) is 4.99 Å². The van der Waals surface area contributed by atoms with Gasteiger partial charge in [0.15, 0.2) is 0 Å². The summed E-state index contributed by atoms with van der Waals surface area (Å²) in [6, 6.07) is 16.7. The molecule has 1 aliphatic heterocycles. The lowest BCUT2D eigenvalue weighted by molar-refractivity contribution is 0.960. The van der Waals surface area contributed by atoms with Gasteiger partial charge in [-0.1, -0.05) is 36.4 Å². The quantitative estimate of drug-likeness (QED) is 0.781. The van der Waals surface area contributed by atoms with Crippen molar-refractivity contribution in [1.82, 2.24) is 10.3 Å². The standard InChI is InChI=1S/C16H13N3S/c1-2-4-14-13(3-1)19-16(20-14)12-7-5-11(6-8-12)15-17-9-10-18-15/h1-8H,9-10H2,(H,17,18). The van der Waals surface area contributed by atoms with Crippen molar-refractivity contribution in [2.45, 2.75) is 0 Å². The summed E-state index contributed by atoms with van der Waals surface area (Å²) < 4.78 is 1.23. The van der Waals surface area contributed by atoms with Gasteiger partial charge in [-0.25, -0.2) is 4.98 Å². The molecule has 0 unspecified atom stereocenters. The van der Waals surface area contributed by atoms with Gasteiger partial charge in [0, 0.05) is 17.7 Å². The van der Waals surface area contributed by atoms with Crippen molar-refractivity contribution in [3.63, 3.8) is 0 Å². The van der Waals surface area contributed by atoms with Crippen LogP contribution in [0, 0.1) is 0 Å². The summed E-state index contributed by atoms with van der Waals surface area (Å²) in [5.41, 5.74) is 3.37. The van der Waals surface area contributed by atoms with Crippen molar-refractivity contribution in [3.8, 4) is 10.6 Å². The molecule has 0 spiro atoms. The number of hydrogen-bond acceptors (Lipinski definition) is 4. The van der Waals surface area contributed by atoms with Crippen LogP contribution in [0.15, 0.2) is 53.5 Å². The molecule has 0 saturated carbocycles. The Balaban J connectivity index is 1.71. The summed E-state index contributed by atoms with van der Waals surface area (Å²) in [4.78, 5) is 9.12. The van der Waals surface area contributed by atoms with Crippen molar-refractivity contribution in [2.75, 3.05) is 13.1 Å². The zero-order chi connectivity index (χ0) is 13.4. The fourth-order valence-electron chi connectivity index (χ4n) is 2.36. The maximum Gasteiger partial charge on any atom is 0.128 e. The number of nitrogens with one attached hydrogen (secondary N) is 1. The molecule has 0 fully saturated rings. The summed E-state index contributed by atoms with van der Waals surface area (Å²) in [5.74, 6) is 1.00. The molecule has 20 heavy (non-hydrogen) atoms. The fourth-order valence-corrected chi connectivity index (χ4v) is 3.33. The minimum atomic E-state index is 0.870. The number of para-hydroxylation sites is 1. The van der Waals surface area contributed by atoms with Crippen LogP contribution in [0.2, 0.25) is 0 Å². The third kappa shape index (κ3) is 1.98. The molecule has 2 aromatic carbocycles. The maximum absolute atomic E-state index is 4.68. The monoisotopic (exact) mass is 279 g/mol. The predicted octanol–water partition coefficient (Wildman–Crippen LogP) is 3.31. The second-order valence-electron chi connectivity index (χ2n) is 4.72. The summed E-state index contributed by atoms with van der Waals surface area (Å²) in [5, 5.41) is 4.36. The smallest absolute Gasteiger partial charge is 0.128 e. The van der Waals surface area contributed by atoms with Crippen LogP contribution in [0.1, 0.15) is 5.56 Å². The minimum Gasteiger partial charge on any atom is -0.368 e. The second kappa shape index (κ2) is 4.72. The Morgan fingerprint density at radius 1 is 0.950 bits per heavy atom. The highest BCUT2D eigenvalue weighted by atomic mass is 32.1. The van der Waals surface area contributed by atoms with Gasteiger partial charge in [-0.05, 0) is 12.1 Å². The summed E-state index contributed by atoms with van der Waals surface area (Å²) in [6.45, 7) is 1.81. The van der Waals surface area contributed by atoms with E-state index in [1.807, 2.05) is 6.07 Å². The lowest BCUT2D eigenvalue weighted by atomic mass is 10.1. The first kappa shape index (κ1) is 11.6. The molecule has 4 rings (SSSR count). The van der Waals surface area contributed by atoms with Gasteiger partial charge in [0.2, 0.25) is 0 Å². The molecule has 0 bridgehead atoms. The molecule has 0 amide bonds. The zero-order valence-electron chi connectivity index (χ0n) is 10.8. The summed E-state index contributed by atoms with van der Waals surface area (Å²) in [6.07, 6.45) is 0. The van der Waals surface area contributed by atoms with Crippen LogP contribution in [-0.2, 0) is 0 Å². The highest BCUT2D eigenvalue weighted by molar-refractivity contribution is 7.21. The van der Waals surface area contributed by atoms with Gasteiger partial charge < -0.3 is 5.32 Å². The van der Waals surface area contributed by atoms with Crippen LogP contribution in [0.25, 0.3) is 20.8 Å². The zero-order valence-corrected chi connectivity index (χ0v) is 11.7. The summed E-state index contributed by atoms with van der Waals surface area (Å²) >= 11 is 1.73. The lowest BCUT2D eigenvalue weighted by Crippen LogP contribution is -2.19. The largest absolute Gasteiger partial charge is 0.368 e. The van der Waals surface area contributed by atoms with Gasteiger partial charge in [-0.2, -0.15) is 0 Å². The molecule has 0 aliphatic carbocycles. The molecule has 4 heteroatoms. The van der Waals surface area contributed by atoms with Crippen molar-refractivity contribution in [2.24, 2.45) is 4.99 Å². The SMILES string of the molecule is c1ccc2sc(-c3ccc(C4=NCCN4)cc3)nc2c1. The molecule has 3 nitrogen and oxygen atoms in total. The first-order valence-electron chi connectivity index (χ1n) is 6.65. The molecule has 0 radical (unpaired) electrons. The molecular weight excluding hydrogens is 266 g/mol. The Morgan fingerprint density at radius 2 is 1.75 bits per heavy atom. The Labute approximate surface area is 121 Å². The molecule has 2 heterocycles. The van der Waals surface area contributed by atoms with Gasteiger partial charge in [-0.15, -0.1) is 11.3 Å². The number of thiazole rings is 1. The van der Waals surface area contributed by atoms with E-state index in [0.29, 0.717) is 0 Å². The van der Waals surface area contributed by atoms with Crippen molar-refractivity contribution < 1.29 is 0 Å². The first-order chi connectivity index (χ1) is 9.90. The average molecular weight is 279 g/mol. The summed E-state index contributed by atoms with van der Waals surface area (Å²) in [7, 11) is 0. The molecule has 98 valence electrons. The van der Waals surface area contributed by atoms with E-state index in [2.05, 4.69) is 57.8 Å². The van der Waals surface area contributed by atoms with Gasteiger partial charge in [0.1, 0.15) is 10.8 Å². The van der Waals surface area contributed by atoms with E-state index >= 15 is 0 Å². The minimum absolute atomic E-state index is 0.870. The number of hydrogen-bond donors (Lipinski definition) is 1. The third-order valence-electron chi connectivity index (χ3n) is 3.37. The topological polar surface area (TPSA) is 37.3 Å². The van der Waals surface area contributed by atoms with Crippen LogP contribution >= 0.6 is 11.3 Å². The molecule has 1 N–H and O–H groups in total. The van der Waals surface area contributed by atoms with Crippen molar-refractivity contribution >= 4 is 27.4 Å². The van der Waals surface area contributed by atoms with E-state index in [4.69, 9.17) is 0 Å². The Hall–Kier alpha value is -2.20. The van der Waals surface area contributed by atoms with Crippen LogP contribution in [0.5, 0.6) is 0 Å².